The lowest BCUT2D eigenvalue weighted by Crippen LogP contribution is -2.53. The van der Waals surface area contributed by atoms with Crippen LogP contribution in [-0.2, 0) is 4.79 Å². The van der Waals surface area contributed by atoms with Crippen LogP contribution in [0.5, 0.6) is 0 Å². The summed E-state index contributed by atoms with van der Waals surface area (Å²) >= 11 is 0. The Morgan fingerprint density at radius 1 is 1.57 bits per heavy atom. The normalized spacial score (nSPS) is 27.4. The van der Waals surface area contributed by atoms with Crippen molar-refractivity contribution in [1.82, 2.24) is 20.8 Å². The number of carbonyl (C=O) groups excluding carboxylic acids is 1. The molecule has 2 unspecified atom stereocenters. The average Bonchev–Trinajstić information content (AvgIpc) is 2.57. The third-order valence-corrected chi connectivity index (χ3v) is 2.18. The Labute approximate surface area is 81.1 Å². The van der Waals surface area contributed by atoms with Gasteiger partial charge in [-0.3, -0.25) is 10.1 Å². The van der Waals surface area contributed by atoms with Crippen molar-refractivity contribution >= 4 is 5.91 Å². The van der Waals surface area contributed by atoms with Gasteiger partial charge in [-0.1, -0.05) is 5.16 Å². The number of piperazine rings is 1. The van der Waals surface area contributed by atoms with Crippen LogP contribution < -0.4 is 10.6 Å². The summed E-state index contributed by atoms with van der Waals surface area (Å²) in [6, 6.07) is -0.271. The van der Waals surface area contributed by atoms with Gasteiger partial charge in [0, 0.05) is 13.5 Å². The number of carbonyl (C=O) groups is 1. The van der Waals surface area contributed by atoms with Crippen LogP contribution in [0.4, 0.5) is 0 Å². The molecular weight excluding hydrogens is 184 g/mol. The number of aromatic nitrogens is 2. The molecule has 14 heavy (non-hydrogen) atoms. The first-order valence-electron chi connectivity index (χ1n) is 4.51. The van der Waals surface area contributed by atoms with Gasteiger partial charge < -0.3 is 9.84 Å². The van der Waals surface area contributed by atoms with Crippen molar-refractivity contribution < 1.29 is 9.32 Å². The first-order chi connectivity index (χ1) is 6.66. The van der Waals surface area contributed by atoms with E-state index in [9.17, 15) is 4.79 Å². The average molecular weight is 196 g/mol. The third-order valence-electron chi connectivity index (χ3n) is 2.18. The molecule has 6 nitrogen and oxygen atoms in total. The van der Waals surface area contributed by atoms with E-state index in [2.05, 4.69) is 20.8 Å². The molecule has 1 aliphatic rings. The van der Waals surface area contributed by atoms with Crippen molar-refractivity contribution in [1.29, 1.82) is 0 Å². The van der Waals surface area contributed by atoms with Crippen molar-refractivity contribution in [2.75, 3.05) is 6.54 Å². The highest BCUT2D eigenvalue weighted by atomic mass is 16.5. The number of hydrogen-bond acceptors (Lipinski definition) is 5. The largest absolute Gasteiger partial charge is 0.353 e. The van der Waals surface area contributed by atoms with Gasteiger partial charge in [0.1, 0.15) is 0 Å². The summed E-state index contributed by atoms with van der Waals surface area (Å²) < 4.78 is 4.87. The highest BCUT2D eigenvalue weighted by molar-refractivity contribution is 5.82. The Morgan fingerprint density at radius 3 is 2.93 bits per heavy atom. The fourth-order valence-electron chi connectivity index (χ4n) is 1.41. The zero-order chi connectivity index (χ0) is 10.1. The number of amides is 1. The van der Waals surface area contributed by atoms with Gasteiger partial charge in [-0.15, -0.1) is 0 Å². The van der Waals surface area contributed by atoms with Gasteiger partial charge in [-0.25, -0.2) is 0 Å². The zero-order valence-corrected chi connectivity index (χ0v) is 8.07. The highest BCUT2D eigenvalue weighted by Gasteiger charge is 2.27. The van der Waals surface area contributed by atoms with E-state index in [0.29, 0.717) is 18.3 Å². The number of nitrogens with one attached hydrogen (secondary N) is 2. The summed E-state index contributed by atoms with van der Waals surface area (Å²) in [6.07, 6.45) is 0. The van der Waals surface area contributed by atoms with Crippen LogP contribution in [-0.4, -0.2) is 28.6 Å². The molecule has 0 bridgehead atoms. The Kier molecular flexibility index (Phi) is 2.20. The van der Waals surface area contributed by atoms with Crippen LogP contribution in [0.2, 0.25) is 0 Å². The molecular formula is C8H12N4O2. The van der Waals surface area contributed by atoms with E-state index >= 15 is 0 Å². The first-order valence-corrected chi connectivity index (χ1v) is 4.51. The number of aryl methyl sites for hydroxylation is 1. The Morgan fingerprint density at radius 2 is 2.36 bits per heavy atom. The molecule has 0 aliphatic carbocycles. The zero-order valence-electron chi connectivity index (χ0n) is 8.07. The van der Waals surface area contributed by atoms with E-state index in [-0.39, 0.29) is 18.0 Å². The molecule has 2 rings (SSSR count). The van der Waals surface area contributed by atoms with Gasteiger partial charge in [0.15, 0.2) is 5.82 Å². The number of hydrogen-bond donors (Lipinski definition) is 2. The lowest BCUT2D eigenvalue weighted by Gasteiger charge is -2.26. The van der Waals surface area contributed by atoms with E-state index in [0.717, 1.165) is 0 Å². The standard InChI is InChI=1S/C8H12N4O2/c1-4-8(13)9-3-6(10-4)7-11-5(2)14-12-7/h4,6,10H,3H2,1-2H3,(H,9,13). The Balaban J connectivity index is 2.10. The maximum atomic E-state index is 11.1. The van der Waals surface area contributed by atoms with Crippen LogP contribution in [0.15, 0.2) is 4.52 Å². The minimum absolute atomic E-state index is 0.00136. The van der Waals surface area contributed by atoms with Crippen LogP contribution in [0.3, 0.4) is 0 Å². The SMILES string of the molecule is Cc1nc(C2CNC(=O)C(C)N2)no1. The van der Waals surface area contributed by atoms with Crippen LogP contribution in [0.1, 0.15) is 24.7 Å². The monoisotopic (exact) mass is 196 g/mol. The molecule has 0 aromatic carbocycles. The third kappa shape index (κ3) is 1.60. The predicted molar refractivity (Wildman–Crippen MR) is 47.4 cm³/mol. The van der Waals surface area contributed by atoms with Gasteiger partial charge in [-0.2, -0.15) is 4.98 Å². The highest BCUT2D eigenvalue weighted by Crippen LogP contribution is 2.11. The predicted octanol–water partition coefficient (Wildman–Crippen LogP) is -0.473. The minimum atomic E-state index is -0.215. The van der Waals surface area contributed by atoms with Crippen molar-refractivity contribution in [3.63, 3.8) is 0 Å². The first kappa shape index (κ1) is 9.14. The lowest BCUT2D eigenvalue weighted by molar-refractivity contribution is -0.124. The van der Waals surface area contributed by atoms with Crippen molar-refractivity contribution in [3.8, 4) is 0 Å². The van der Waals surface area contributed by atoms with Gasteiger partial charge in [-0.05, 0) is 6.92 Å². The molecule has 2 N–H and O–H groups in total. The summed E-state index contributed by atoms with van der Waals surface area (Å²) in [5.74, 6) is 1.13. The smallest absolute Gasteiger partial charge is 0.236 e. The van der Waals surface area contributed by atoms with Crippen LogP contribution in [0, 0.1) is 6.92 Å². The maximum absolute atomic E-state index is 11.1. The van der Waals surface area contributed by atoms with E-state index in [4.69, 9.17) is 4.52 Å². The number of rotatable bonds is 1. The minimum Gasteiger partial charge on any atom is -0.353 e. The second-order valence-electron chi connectivity index (χ2n) is 3.36. The van der Waals surface area contributed by atoms with Gasteiger partial charge in [0.05, 0.1) is 12.1 Å². The van der Waals surface area contributed by atoms with E-state index in [1.54, 1.807) is 13.8 Å². The van der Waals surface area contributed by atoms with E-state index in [1.165, 1.54) is 0 Å². The summed E-state index contributed by atoms with van der Waals surface area (Å²) in [4.78, 5) is 15.2. The Hall–Kier alpha value is -1.43. The van der Waals surface area contributed by atoms with Crippen molar-refractivity contribution in [2.24, 2.45) is 0 Å². The summed E-state index contributed by atoms with van der Waals surface area (Å²) in [5, 5.41) is 9.66. The van der Waals surface area contributed by atoms with E-state index in [1.807, 2.05) is 0 Å². The summed E-state index contributed by atoms with van der Waals surface area (Å²) in [5.41, 5.74) is 0. The Bertz CT molecular complexity index is 349. The molecule has 1 fully saturated rings. The molecule has 0 radical (unpaired) electrons. The topological polar surface area (TPSA) is 80.0 Å². The molecule has 1 aromatic rings. The summed E-state index contributed by atoms with van der Waals surface area (Å²) in [7, 11) is 0. The molecule has 1 amide bonds. The van der Waals surface area contributed by atoms with Crippen molar-refractivity contribution in [3.05, 3.63) is 11.7 Å². The molecule has 1 aromatic heterocycles. The summed E-state index contributed by atoms with van der Waals surface area (Å²) in [6.45, 7) is 4.04. The van der Waals surface area contributed by atoms with Crippen molar-refractivity contribution in [2.45, 2.75) is 25.9 Å². The van der Waals surface area contributed by atoms with Gasteiger partial charge >= 0.3 is 0 Å². The number of nitrogens with zero attached hydrogens (tertiary/aromatic N) is 2. The fourth-order valence-corrected chi connectivity index (χ4v) is 1.41. The van der Waals surface area contributed by atoms with Gasteiger partial charge in [0.2, 0.25) is 11.8 Å². The lowest BCUT2D eigenvalue weighted by atomic mass is 10.1. The fraction of sp³-hybridized carbons (Fsp3) is 0.625. The maximum Gasteiger partial charge on any atom is 0.236 e. The molecule has 1 saturated heterocycles. The molecule has 2 atom stereocenters. The quantitative estimate of drug-likeness (QED) is 0.634. The molecule has 1 aliphatic heterocycles. The second-order valence-corrected chi connectivity index (χ2v) is 3.36. The van der Waals surface area contributed by atoms with Crippen LogP contribution in [0.25, 0.3) is 0 Å². The van der Waals surface area contributed by atoms with Gasteiger partial charge in [0.25, 0.3) is 0 Å². The molecule has 0 spiro atoms. The van der Waals surface area contributed by atoms with Crippen LogP contribution >= 0.6 is 0 Å². The molecule has 76 valence electrons. The molecule has 2 heterocycles. The second kappa shape index (κ2) is 3.38. The molecule has 6 heteroatoms. The molecule has 0 saturated carbocycles. The van der Waals surface area contributed by atoms with E-state index < -0.39 is 0 Å².